The largest absolute Gasteiger partial charge is 0.351 e. The Morgan fingerprint density at radius 2 is 1.85 bits per heavy atom. The van der Waals surface area contributed by atoms with Gasteiger partial charge in [-0.15, -0.1) is 0 Å². The molecule has 0 aliphatic rings. The topological polar surface area (TPSA) is 46.4 Å². The lowest BCUT2D eigenvalue weighted by molar-refractivity contribution is 0.0949. The summed E-state index contributed by atoms with van der Waals surface area (Å²) in [7, 11) is 0. The number of hydrogen-bond acceptors (Lipinski definition) is 3. The van der Waals surface area contributed by atoms with E-state index in [2.05, 4.69) is 22.4 Å². The lowest BCUT2D eigenvalue weighted by Gasteiger charge is -2.03. The summed E-state index contributed by atoms with van der Waals surface area (Å²) in [5, 5.41) is 2.92. The molecular formula is C21H18FN3OS. The number of nitrogens with one attached hydrogen (secondary N) is 1. The molecule has 1 N–H and O–H groups in total. The van der Waals surface area contributed by atoms with Gasteiger partial charge in [0, 0.05) is 18.9 Å². The highest BCUT2D eigenvalue weighted by Gasteiger charge is 2.13. The van der Waals surface area contributed by atoms with Crippen molar-refractivity contribution in [2.75, 3.05) is 6.54 Å². The van der Waals surface area contributed by atoms with Gasteiger partial charge < -0.3 is 5.32 Å². The summed E-state index contributed by atoms with van der Waals surface area (Å²) in [6.07, 6.45) is 5.45. The number of nitrogens with zero attached hydrogens (tertiary/aromatic N) is 2. The molecule has 1 amide bonds. The van der Waals surface area contributed by atoms with Crippen LogP contribution < -0.4 is 5.32 Å². The first-order chi connectivity index (χ1) is 13.2. The molecule has 0 unspecified atom stereocenters. The standard InChI is InChI=1S/C21H18FN3OS/c22-17-10-8-16(9-11-17)19-14-25-13-18(24-21(25)27-19)20(26)23-12-4-7-15-5-2-1-3-6-15/h1-3,5-6,8-11,13-14H,4,7,12H2,(H,23,26). The minimum atomic E-state index is -0.258. The molecule has 2 heterocycles. The van der Waals surface area contributed by atoms with Gasteiger partial charge in [-0.3, -0.25) is 9.20 Å². The van der Waals surface area contributed by atoms with Crippen molar-refractivity contribution in [2.45, 2.75) is 12.8 Å². The average Bonchev–Trinajstić information content (AvgIpc) is 3.26. The highest BCUT2D eigenvalue weighted by atomic mass is 32.1. The third-order valence-corrected chi connectivity index (χ3v) is 5.33. The zero-order valence-electron chi connectivity index (χ0n) is 14.6. The molecule has 27 heavy (non-hydrogen) atoms. The molecule has 0 saturated heterocycles. The second kappa shape index (κ2) is 7.72. The minimum Gasteiger partial charge on any atom is -0.351 e. The normalized spacial score (nSPS) is 11.0. The summed E-state index contributed by atoms with van der Waals surface area (Å²) >= 11 is 1.47. The van der Waals surface area contributed by atoms with Crippen molar-refractivity contribution < 1.29 is 9.18 Å². The van der Waals surface area contributed by atoms with Crippen LogP contribution in [0.15, 0.2) is 67.0 Å². The minimum absolute atomic E-state index is 0.165. The third kappa shape index (κ3) is 4.06. The fraction of sp³-hybridized carbons (Fsp3) is 0.143. The summed E-state index contributed by atoms with van der Waals surface area (Å²) < 4.78 is 14.9. The van der Waals surface area contributed by atoms with E-state index in [1.165, 1.54) is 29.0 Å². The predicted octanol–water partition coefficient (Wildman–Crippen LogP) is 4.56. The molecule has 0 spiro atoms. The fourth-order valence-corrected chi connectivity index (χ4v) is 3.85. The molecule has 0 radical (unpaired) electrons. The van der Waals surface area contributed by atoms with Crippen LogP contribution in [0.4, 0.5) is 4.39 Å². The van der Waals surface area contributed by atoms with Crippen molar-refractivity contribution in [2.24, 2.45) is 0 Å². The van der Waals surface area contributed by atoms with E-state index in [4.69, 9.17) is 0 Å². The number of imidazole rings is 1. The zero-order valence-corrected chi connectivity index (χ0v) is 15.4. The van der Waals surface area contributed by atoms with Gasteiger partial charge in [0.25, 0.3) is 5.91 Å². The lowest BCUT2D eigenvalue weighted by atomic mass is 10.1. The maximum absolute atomic E-state index is 13.1. The van der Waals surface area contributed by atoms with Crippen LogP contribution >= 0.6 is 11.3 Å². The third-order valence-electron chi connectivity index (χ3n) is 4.29. The number of benzene rings is 2. The van der Waals surface area contributed by atoms with E-state index >= 15 is 0 Å². The van der Waals surface area contributed by atoms with Crippen LogP contribution in [0.2, 0.25) is 0 Å². The lowest BCUT2D eigenvalue weighted by Crippen LogP contribution is -2.25. The molecule has 0 bridgehead atoms. The van der Waals surface area contributed by atoms with Crippen molar-refractivity contribution in [1.82, 2.24) is 14.7 Å². The Balaban J connectivity index is 1.36. The number of carbonyl (C=O) groups excluding carboxylic acids is 1. The second-order valence-electron chi connectivity index (χ2n) is 6.26. The Labute approximate surface area is 160 Å². The molecule has 4 rings (SSSR count). The van der Waals surface area contributed by atoms with Crippen LogP contribution in [0.1, 0.15) is 22.5 Å². The van der Waals surface area contributed by atoms with E-state index in [9.17, 15) is 9.18 Å². The molecular weight excluding hydrogens is 361 g/mol. The van der Waals surface area contributed by atoms with Gasteiger partial charge in [-0.05, 0) is 36.1 Å². The summed E-state index contributed by atoms with van der Waals surface area (Å²) in [5.74, 6) is -0.423. The number of halogens is 1. The fourth-order valence-electron chi connectivity index (χ4n) is 2.88. The van der Waals surface area contributed by atoms with Gasteiger partial charge in [-0.1, -0.05) is 53.8 Å². The molecule has 0 aliphatic carbocycles. The first kappa shape index (κ1) is 17.4. The number of rotatable bonds is 6. The van der Waals surface area contributed by atoms with Gasteiger partial charge in [0.1, 0.15) is 11.5 Å². The SMILES string of the molecule is O=C(NCCCc1ccccc1)c1cn2cc(-c3ccc(F)cc3)sc2n1. The molecule has 2 aromatic heterocycles. The molecule has 0 atom stereocenters. The highest BCUT2D eigenvalue weighted by molar-refractivity contribution is 7.20. The Kier molecular flexibility index (Phi) is 4.98. The molecule has 0 fully saturated rings. The van der Waals surface area contributed by atoms with Crippen molar-refractivity contribution >= 4 is 22.2 Å². The Morgan fingerprint density at radius 3 is 2.59 bits per heavy atom. The van der Waals surface area contributed by atoms with Gasteiger partial charge in [0.05, 0.1) is 4.88 Å². The molecule has 136 valence electrons. The van der Waals surface area contributed by atoms with Crippen LogP contribution in [0.3, 0.4) is 0 Å². The Bertz CT molecular complexity index is 1020. The van der Waals surface area contributed by atoms with Gasteiger partial charge in [0.2, 0.25) is 0 Å². The van der Waals surface area contributed by atoms with Crippen LogP contribution in [-0.4, -0.2) is 21.8 Å². The Hall–Kier alpha value is -2.99. The van der Waals surface area contributed by atoms with E-state index in [1.54, 1.807) is 18.3 Å². The first-order valence-corrected chi connectivity index (χ1v) is 9.57. The summed E-state index contributed by atoms with van der Waals surface area (Å²) in [6, 6.07) is 16.6. The first-order valence-electron chi connectivity index (χ1n) is 8.76. The van der Waals surface area contributed by atoms with Crippen LogP contribution in [0.5, 0.6) is 0 Å². The number of aryl methyl sites for hydroxylation is 1. The number of fused-ring (bicyclic) bond motifs is 1. The van der Waals surface area contributed by atoms with Gasteiger partial charge in [0.15, 0.2) is 4.96 Å². The summed E-state index contributed by atoms with van der Waals surface area (Å²) in [5.41, 5.74) is 2.60. The van der Waals surface area contributed by atoms with Crippen LogP contribution in [0, 0.1) is 5.82 Å². The van der Waals surface area contributed by atoms with Gasteiger partial charge in [-0.25, -0.2) is 9.37 Å². The van der Waals surface area contributed by atoms with Crippen molar-refractivity contribution in [1.29, 1.82) is 0 Å². The number of thiazole rings is 1. The monoisotopic (exact) mass is 379 g/mol. The van der Waals surface area contributed by atoms with E-state index < -0.39 is 0 Å². The molecule has 6 heteroatoms. The molecule has 4 aromatic rings. The molecule has 4 nitrogen and oxygen atoms in total. The number of hydrogen-bond donors (Lipinski definition) is 1. The Morgan fingerprint density at radius 1 is 1.07 bits per heavy atom. The number of amides is 1. The molecule has 2 aromatic carbocycles. The average molecular weight is 379 g/mol. The highest BCUT2D eigenvalue weighted by Crippen LogP contribution is 2.28. The van der Waals surface area contributed by atoms with Crippen molar-refractivity contribution in [3.05, 3.63) is 84.1 Å². The maximum Gasteiger partial charge on any atom is 0.271 e. The van der Waals surface area contributed by atoms with Crippen molar-refractivity contribution in [3.8, 4) is 10.4 Å². The molecule has 0 saturated carbocycles. The van der Waals surface area contributed by atoms with Gasteiger partial charge >= 0.3 is 0 Å². The zero-order chi connectivity index (χ0) is 18.6. The van der Waals surface area contributed by atoms with Crippen molar-refractivity contribution in [3.63, 3.8) is 0 Å². The van der Waals surface area contributed by atoms with Crippen LogP contribution in [0.25, 0.3) is 15.4 Å². The predicted molar refractivity (Wildman–Crippen MR) is 106 cm³/mol. The smallest absolute Gasteiger partial charge is 0.271 e. The van der Waals surface area contributed by atoms with E-state index in [-0.39, 0.29) is 11.7 Å². The van der Waals surface area contributed by atoms with E-state index in [0.29, 0.717) is 12.2 Å². The maximum atomic E-state index is 13.1. The molecule has 0 aliphatic heterocycles. The van der Waals surface area contributed by atoms with Gasteiger partial charge in [-0.2, -0.15) is 0 Å². The van der Waals surface area contributed by atoms with E-state index in [1.807, 2.05) is 28.8 Å². The summed E-state index contributed by atoms with van der Waals surface area (Å²) in [4.78, 5) is 18.4. The van der Waals surface area contributed by atoms with Crippen LogP contribution in [-0.2, 0) is 6.42 Å². The quantitative estimate of drug-likeness (QED) is 0.499. The summed E-state index contributed by atoms with van der Waals surface area (Å²) in [6.45, 7) is 0.611. The second-order valence-corrected chi connectivity index (χ2v) is 7.27. The van der Waals surface area contributed by atoms with E-state index in [0.717, 1.165) is 28.2 Å². The number of aromatic nitrogens is 2. The number of carbonyl (C=O) groups is 1.